The van der Waals surface area contributed by atoms with Gasteiger partial charge in [0.1, 0.15) is 5.82 Å². The van der Waals surface area contributed by atoms with Gasteiger partial charge in [0.2, 0.25) is 0 Å². The van der Waals surface area contributed by atoms with E-state index < -0.39 is 11.8 Å². The van der Waals surface area contributed by atoms with E-state index in [1.807, 2.05) is 0 Å². The Hall–Kier alpha value is -1.71. The number of ether oxygens (including phenoxy) is 1. The summed E-state index contributed by atoms with van der Waals surface area (Å²) in [6.07, 6.45) is 0.940. The highest BCUT2D eigenvalue weighted by Gasteiger charge is 2.24. The van der Waals surface area contributed by atoms with E-state index in [1.165, 1.54) is 12.1 Å². The van der Waals surface area contributed by atoms with Gasteiger partial charge in [-0.25, -0.2) is 9.18 Å². The van der Waals surface area contributed by atoms with Gasteiger partial charge in [-0.15, -0.1) is 0 Å². The largest absolute Gasteiger partial charge is 0.462 e. The molecule has 4 heteroatoms. The molecule has 0 unspecified atom stereocenters. The number of esters is 1. The number of rotatable bonds is 2. The van der Waals surface area contributed by atoms with Crippen LogP contribution < -0.4 is 0 Å². The molecule has 0 saturated heterocycles. The standard InChI is InChI=1S/C12H11FO3/c1-2-16-12(15)9-6-8-7(5-10(9)13)3-4-11(8)14/h5-6H,2-4H2,1H3. The zero-order valence-electron chi connectivity index (χ0n) is 8.88. The molecule has 0 saturated carbocycles. The third-order valence-electron chi connectivity index (χ3n) is 2.61. The molecule has 1 aliphatic carbocycles. The fourth-order valence-corrected chi connectivity index (χ4v) is 1.83. The summed E-state index contributed by atoms with van der Waals surface area (Å²) >= 11 is 0. The van der Waals surface area contributed by atoms with E-state index in [1.54, 1.807) is 6.92 Å². The van der Waals surface area contributed by atoms with Crippen molar-refractivity contribution in [2.45, 2.75) is 19.8 Å². The first kappa shape index (κ1) is 10.8. The summed E-state index contributed by atoms with van der Waals surface area (Å²) in [6.45, 7) is 1.83. The number of fused-ring (bicyclic) bond motifs is 1. The highest BCUT2D eigenvalue weighted by atomic mass is 19.1. The molecule has 0 atom stereocenters. The van der Waals surface area contributed by atoms with Crippen LogP contribution in [0, 0.1) is 5.82 Å². The Morgan fingerprint density at radius 3 is 2.88 bits per heavy atom. The average molecular weight is 222 g/mol. The minimum Gasteiger partial charge on any atom is -0.462 e. The highest BCUT2D eigenvalue weighted by molar-refractivity contribution is 6.02. The molecule has 0 amide bonds. The Bertz CT molecular complexity index is 466. The zero-order chi connectivity index (χ0) is 11.7. The van der Waals surface area contributed by atoms with Crippen molar-refractivity contribution < 1.29 is 18.7 Å². The molecule has 0 bridgehead atoms. The summed E-state index contributed by atoms with van der Waals surface area (Å²) in [5.74, 6) is -1.38. The molecule has 1 aromatic rings. The third-order valence-corrected chi connectivity index (χ3v) is 2.61. The topological polar surface area (TPSA) is 43.4 Å². The lowest BCUT2D eigenvalue weighted by Crippen LogP contribution is -2.09. The van der Waals surface area contributed by atoms with Crippen molar-refractivity contribution >= 4 is 11.8 Å². The highest BCUT2D eigenvalue weighted by Crippen LogP contribution is 2.25. The molecule has 1 aromatic carbocycles. The summed E-state index contributed by atoms with van der Waals surface area (Å²) in [6, 6.07) is 2.56. The van der Waals surface area contributed by atoms with E-state index in [0.29, 0.717) is 24.0 Å². The predicted octanol–water partition coefficient (Wildman–Crippen LogP) is 2.13. The maximum atomic E-state index is 13.5. The molecule has 0 radical (unpaired) electrons. The molecule has 1 aliphatic rings. The van der Waals surface area contributed by atoms with E-state index >= 15 is 0 Å². The van der Waals surface area contributed by atoms with Crippen molar-refractivity contribution in [1.82, 2.24) is 0 Å². The molecule has 0 aromatic heterocycles. The van der Waals surface area contributed by atoms with Crippen molar-refractivity contribution in [2.24, 2.45) is 0 Å². The Kier molecular flexibility index (Phi) is 2.73. The fraction of sp³-hybridized carbons (Fsp3) is 0.333. The zero-order valence-corrected chi connectivity index (χ0v) is 8.88. The van der Waals surface area contributed by atoms with E-state index in [-0.39, 0.29) is 18.0 Å². The SMILES string of the molecule is CCOC(=O)c1cc2c(cc1F)CCC2=O. The van der Waals surface area contributed by atoms with Gasteiger partial charge in [0.15, 0.2) is 5.78 Å². The summed E-state index contributed by atoms with van der Waals surface area (Å²) in [4.78, 5) is 22.8. The minimum atomic E-state index is -0.720. The van der Waals surface area contributed by atoms with Crippen LogP contribution in [0.15, 0.2) is 12.1 Å². The van der Waals surface area contributed by atoms with Gasteiger partial charge < -0.3 is 4.74 Å². The first-order valence-corrected chi connectivity index (χ1v) is 5.16. The number of ketones is 1. The van der Waals surface area contributed by atoms with Gasteiger partial charge in [0.05, 0.1) is 12.2 Å². The van der Waals surface area contributed by atoms with Crippen molar-refractivity contribution in [2.75, 3.05) is 6.61 Å². The van der Waals surface area contributed by atoms with Crippen molar-refractivity contribution in [3.8, 4) is 0 Å². The van der Waals surface area contributed by atoms with Crippen LogP contribution in [0.3, 0.4) is 0 Å². The average Bonchev–Trinajstić information content (AvgIpc) is 2.59. The van der Waals surface area contributed by atoms with Crippen LogP contribution >= 0.6 is 0 Å². The molecule has 0 aliphatic heterocycles. The number of carbonyl (C=O) groups excluding carboxylic acids is 2. The number of benzene rings is 1. The van der Waals surface area contributed by atoms with Crippen molar-refractivity contribution in [3.63, 3.8) is 0 Å². The number of halogens is 1. The van der Waals surface area contributed by atoms with Gasteiger partial charge in [-0.05, 0) is 31.0 Å². The summed E-state index contributed by atoms with van der Waals surface area (Å²) in [5.41, 5.74) is 0.968. The van der Waals surface area contributed by atoms with Crippen LogP contribution in [0.2, 0.25) is 0 Å². The predicted molar refractivity (Wildman–Crippen MR) is 55.0 cm³/mol. The van der Waals surface area contributed by atoms with E-state index in [0.717, 1.165) is 0 Å². The molecule has 0 heterocycles. The Balaban J connectivity index is 2.44. The monoisotopic (exact) mass is 222 g/mol. The fourth-order valence-electron chi connectivity index (χ4n) is 1.83. The van der Waals surface area contributed by atoms with Gasteiger partial charge in [0, 0.05) is 12.0 Å². The second-order valence-electron chi connectivity index (χ2n) is 3.63. The number of hydrogen-bond donors (Lipinski definition) is 0. The summed E-state index contributed by atoms with van der Waals surface area (Å²) < 4.78 is 18.2. The Labute approximate surface area is 92.2 Å². The second kappa shape index (κ2) is 4.04. The normalized spacial score (nSPS) is 13.8. The lowest BCUT2D eigenvalue weighted by Gasteiger charge is -2.05. The van der Waals surface area contributed by atoms with Crippen LogP contribution in [-0.4, -0.2) is 18.4 Å². The number of hydrogen-bond acceptors (Lipinski definition) is 3. The van der Waals surface area contributed by atoms with Crippen LogP contribution in [-0.2, 0) is 11.2 Å². The van der Waals surface area contributed by atoms with Crippen molar-refractivity contribution in [3.05, 3.63) is 34.6 Å². The lowest BCUT2D eigenvalue weighted by atomic mass is 10.1. The molecule has 0 N–H and O–H groups in total. The first-order valence-electron chi connectivity index (χ1n) is 5.16. The van der Waals surface area contributed by atoms with Crippen LogP contribution in [0.4, 0.5) is 4.39 Å². The molecule has 84 valence electrons. The molecule has 0 fully saturated rings. The Morgan fingerprint density at radius 2 is 2.19 bits per heavy atom. The molecule has 2 rings (SSSR count). The van der Waals surface area contributed by atoms with Gasteiger partial charge in [-0.2, -0.15) is 0 Å². The molecular weight excluding hydrogens is 211 g/mol. The molecule has 3 nitrogen and oxygen atoms in total. The van der Waals surface area contributed by atoms with Crippen LogP contribution in [0.5, 0.6) is 0 Å². The smallest absolute Gasteiger partial charge is 0.341 e. The summed E-state index contributed by atoms with van der Waals surface area (Å²) in [7, 11) is 0. The van der Waals surface area contributed by atoms with Gasteiger partial charge in [-0.1, -0.05) is 0 Å². The van der Waals surface area contributed by atoms with E-state index in [4.69, 9.17) is 4.74 Å². The van der Waals surface area contributed by atoms with Crippen LogP contribution in [0.25, 0.3) is 0 Å². The second-order valence-corrected chi connectivity index (χ2v) is 3.63. The minimum absolute atomic E-state index is 0.0412. The maximum Gasteiger partial charge on any atom is 0.341 e. The first-order chi connectivity index (χ1) is 7.63. The summed E-state index contributed by atoms with van der Waals surface area (Å²) in [5, 5.41) is 0. The number of aryl methyl sites for hydroxylation is 1. The van der Waals surface area contributed by atoms with Crippen LogP contribution in [0.1, 0.15) is 39.6 Å². The lowest BCUT2D eigenvalue weighted by molar-refractivity contribution is 0.0521. The van der Waals surface area contributed by atoms with E-state index in [2.05, 4.69) is 0 Å². The number of carbonyl (C=O) groups is 2. The van der Waals surface area contributed by atoms with Gasteiger partial charge in [-0.3, -0.25) is 4.79 Å². The Morgan fingerprint density at radius 1 is 1.44 bits per heavy atom. The van der Waals surface area contributed by atoms with Gasteiger partial charge in [0.25, 0.3) is 0 Å². The van der Waals surface area contributed by atoms with Crippen molar-refractivity contribution in [1.29, 1.82) is 0 Å². The van der Waals surface area contributed by atoms with E-state index in [9.17, 15) is 14.0 Å². The quantitative estimate of drug-likeness (QED) is 0.720. The van der Waals surface area contributed by atoms with Gasteiger partial charge >= 0.3 is 5.97 Å². The number of Topliss-reactive ketones (excluding diaryl/α,β-unsaturated/α-hetero) is 1. The third kappa shape index (κ3) is 1.71. The maximum absolute atomic E-state index is 13.5. The molecular formula is C12H11FO3. The molecule has 16 heavy (non-hydrogen) atoms. The molecule has 0 spiro atoms.